The molecule has 0 saturated carbocycles. The molecule has 1 saturated heterocycles. The summed E-state index contributed by atoms with van der Waals surface area (Å²) in [5.74, 6) is 0.856. The average Bonchev–Trinajstić information content (AvgIpc) is 3.01. The molecule has 0 aliphatic carbocycles. The van der Waals surface area contributed by atoms with Gasteiger partial charge in [-0.25, -0.2) is 0 Å². The average molecular weight is 476 g/mol. The zero-order valence-corrected chi connectivity index (χ0v) is 22.6. The SMILES string of the molecule is CCCC1CN(CC(=O)c2cc(C(C)(C)C)c(O)c(C(C)(C)C)c2)C(=N)C1=Cc1cccc(C)n1. The minimum atomic E-state index is -0.302. The van der Waals surface area contributed by atoms with Gasteiger partial charge in [-0.15, -0.1) is 0 Å². The van der Waals surface area contributed by atoms with E-state index in [1.807, 2.05) is 89.8 Å². The van der Waals surface area contributed by atoms with Gasteiger partial charge in [0.05, 0.1) is 12.2 Å². The van der Waals surface area contributed by atoms with E-state index in [1.54, 1.807) is 0 Å². The van der Waals surface area contributed by atoms with Crippen molar-refractivity contribution in [3.63, 3.8) is 0 Å². The Bertz CT molecular complexity index is 1110. The summed E-state index contributed by atoms with van der Waals surface area (Å²) in [6, 6.07) is 9.58. The van der Waals surface area contributed by atoms with Gasteiger partial charge >= 0.3 is 0 Å². The van der Waals surface area contributed by atoms with E-state index in [4.69, 9.17) is 5.41 Å². The molecule has 2 heterocycles. The number of aryl methyl sites for hydroxylation is 1. The first-order valence-corrected chi connectivity index (χ1v) is 12.6. The van der Waals surface area contributed by atoms with Gasteiger partial charge in [-0.05, 0) is 54.5 Å². The summed E-state index contributed by atoms with van der Waals surface area (Å²) in [5, 5.41) is 19.9. The third-order valence-corrected chi connectivity index (χ3v) is 6.70. The first kappa shape index (κ1) is 26.7. The van der Waals surface area contributed by atoms with Crippen molar-refractivity contribution < 1.29 is 9.90 Å². The number of ketones is 1. The maximum absolute atomic E-state index is 13.5. The number of pyridine rings is 1. The predicted molar refractivity (Wildman–Crippen MR) is 144 cm³/mol. The number of aromatic nitrogens is 1. The third-order valence-electron chi connectivity index (χ3n) is 6.70. The van der Waals surface area contributed by atoms with Gasteiger partial charge in [-0.3, -0.25) is 15.2 Å². The predicted octanol–water partition coefficient (Wildman–Crippen LogP) is 6.67. The number of nitrogens with zero attached hydrogens (tertiary/aromatic N) is 2. The number of phenols is 1. The van der Waals surface area contributed by atoms with Crippen LogP contribution < -0.4 is 0 Å². The van der Waals surface area contributed by atoms with Crippen molar-refractivity contribution in [1.29, 1.82) is 5.41 Å². The molecule has 35 heavy (non-hydrogen) atoms. The Morgan fingerprint density at radius 2 is 1.74 bits per heavy atom. The van der Waals surface area contributed by atoms with Crippen molar-refractivity contribution in [2.24, 2.45) is 5.92 Å². The monoisotopic (exact) mass is 475 g/mol. The Morgan fingerprint density at radius 3 is 2.26 bits per heavy atom. The van der Waals surface area contributed by atoms with E-state index in [0.29, 0.717) is 17.9 Å². The van der Waals surface area contributed by atoms with Crippen LogP contribution in [0.15, 0.2) is 35.9 Å². The highest BCUT2D eigenvalue weighted by atomic mass is 16.3. The van der Waals surface area contributed by atoms with Gasteiger partial charge in [0.25, 0.3) is 0 Å². The Balaban J connectivity index is 1.94. The summed E-state index contributed by atoms with van der Waals surface area (Å²) >= 11 is 0. The molecule has 3 rings (SSSR count). The summed E-state index contributed by atoms with van der Waals surface area (Å²) in [5.41, 5.74) is 4.29. The maximum atomic E-state index is 13.5. The Labute approximate surface area is 210 Å². The van der Waals surface area contributed by atoms with Crippen molar-refractivity contribution in [1.82, 2.24) is 9.88 Å². The Kier molecular flexibility index (Phi) is 7.59. The molecule has 2 aromatic rings. The van der Waals surface area contributed by atoms with Crippen LogP contribution >= 0.6 is 0 Å². The van der Waals surface area contributed by atoms with E-state index in [2.05, 4.69) is 11.9 Å². The number of carbonyl (C=O) groups is 1. The minimum absolute atomic E-state index is 0.0315. The first-order chi connectivity index (χ1) is 16.2. The van der Waals surface area contributed by atoms with Crippen LogP contribution in [0.4, 0.5) is 0 Å². The molecule has 1 aliphatic heterocycles. The standard InChI is InChI=1S/C30H41N3O2/c1-9-11-20-17-33(28(31)23(20)16-22-13-10-12-19(2)32-22)18-26(34)21-14-24(29(3,4)5)27(35)25(15-21)30(6,7)8/h10,12-16,20,31,35H,9,11,17-18H2,1-8H3. The number of amidine groups is 1. The molecule has 0 bridgehead atoms. The number of hydrogen-bond donors (Lipinski definition) is 2. The summed E-state index contributed by atoms with van der Waals surface area (Å²) in [6.45, 7) is 17.2. The van der Waals surface area contributed by atoms with Gasteiger partial charge in [0.2, 0.25) is 0 Å². The van der Waals surface area contributed by atoms with Crippen LogP contribution in [0.3, 0.4) is 0 Å². The summed E-state index contributed by atoms with van der Waals surface area (Å²) in [4.78, 5) is 20.0. The van der Waals surface area contributed by atoms with Gasteiger partial charge in [0.15, 0.2) is 5.78 Å². The lowest BCUT2D eigenvalue weighted by molar-refractivity contribution is 0.0963. The molecule has 1 unspecified atom stereocenters. The van der Waals surface area contributed by atoms with Crippen LogP contribution in [-0.2, 0) is 10.8 Å². The second kappa shape index (κ2) is 9.96. The smallest absolute Gasteiger partial charge is 0.182 e. The zero-order chi connectivity index (χ0) is 26.1. The van der Waals surface area contributed by atoms with E-state index < -0.39 is 0 Å². The lowest BCUT2D eigenvalue weighted by Crippen LogP contribution is -2.31. The molecular weight excluding hydrogens is 434 g/mol. The number of likely N-dealkylation sites (tertiary alicyclic amines) is 1. The molecule has 1 aromatic heterocycles. The highest BCUT2D eigenvalue weighted by Crippen LogP contribution is 2.40. The Hall–Kier alpha value is -2.95. The second-order valence-corrected chi connectivity index (χ2v) is 11.9. The van der Waals surface area contributed by atoms with Crippen LogP contribution in [0.5, 0.6) is 5.75 Å². The molecule has 1 fully saturated rings. The van der Waals surface area contributed by atoms with E-state index in [0.717, 1.165) is 40.9 Å². The number of aromatic hydroxyl groups is 1. The van der Waals surface area contributed by atoms with Crippen molar-refractivity contribution in [2.75, 3.05) is 13.1 Å². The topological polar surface area (TPSA) is 77.3 Å². The lowest BCUT2D eigenvalue weighted by atomic mass is 9.78. The number of phenolic OH excluding ortho intramolecular Hbond substituents is 1. The summed E-state index contributed by atoms with van der Waals surface area (Å²) in [7, 11) is 0. The number of hydrogen-bond acceptors (Lipinski definition) is 4. The van der Waals surface area contributed by atoms with E-state index in [-0.39, 0.29) is 34.8 Å². The Morgan fingerprint density at radius 1 is 1.14 bits per heavy atom. The molecule has 188 valence electrons. The molecule has 2 N–H and O–H groups in total. The van der Waals surface area contributed by atoms with Crippen LogP contribution in [-0.4, -0.2) is 39.7 Å². The van der Waals surface area contributed by atoms with Gasteiger partial charge in [0.1, 0.15) is 11.6 Å². The fraction of sp³-hybridized carbons (Fsp3) is 0.500. The van der Waals surface area contributed by atoms with Crippen molar-refractivity contribution in [3.05, 3.63) is 64.0 Å². The van der Waals surface area contributed by atoms with Gasteiger partial charge in [0, 0.05) is 40.4 Å². The molecule has 1 atom stereocenters. The molecule has 0 amide bonds. The van der Waals surface area contributed by atoms with E-state index in [9.17, 15) is 9.90 Å². The molecular formula is C30H41N3O2. The van der Waals surface area contributed by atoms with Crippen molar-refractivity contribution in [3.8, 4) is 5.75 Å². The summed E-state index contributed by atoms with van der Waals surface area (Å²) in [6.07, 6.45) is 3.99. The first-order valence-electron chi connectivity index (χ1n) is 12.6. The highest BCUT2D eigenvalue weighted by molar-refractivity contribution is 6.06. The van der Waals surface area contributed by atoms with Gasteiger partial charge in [-0.2, -0.15) is 0 Å². The fourth-order valence-corrected chi connectivity index (χ4v) is 4.76. The van der Waals surface area contributed by atoms with E-state index in [1.165, 1.54) is 0 Å². The van der Waals surface area contributed by atoms with Crippen LogP contribution in [0.2, 0.25) is 0 Å². The maximum Gasteiger partial charge on any atom is 0.182 e. The van der Waals surface area contributed by atoms with E-state index >= 15 is 0 Å². The number of carbonyl (C=O) groups excluding carboxylic acids is 1. The van der Waals surface area contributed by atoms with Gasteiger partial charge in [-0.1, -0.05) is 61.0 Å². The molecule has 0 radical (unpaired) electrons. The molecule has 0 spiro atoms. The van der Waals surface area contributed by atoms with Crippen molar-refractivity contribution in [2.45, 2.75) is 79.1 Å². The number of nitrogens with one attached hydrogen (secondary N) is 1. The van der Waals surface area contributed by atoms with Crippen LogP contribution in [0, 0.1) is 18.3 Å². The minimum Gasteiger partial charge on any atom is -0.507 e. The lowest BCUT2D eigenvalue weighted by Gasteiger charge is -2.28. The van der Waals surface area contributed by atoms with Crippen molar-refractivity contribution >= 4 is 17.7 Å². The molecule has 1 aliphatic rings. The molecule has 5 heteroatoms. The number of rotatable bonds is 6. The third kappa shape index (κ3) is 6.01. The fourth-order valence-electron chi connectivity index (χ4n) is 4.76. The molecule has 5 nitrogen and oxygen atoms in total. The largest absolute Gasteiger partial charge is 0.507 e. The normalized spacial score (nSPS) is 17.9. The van der Waals surface area contributed by atoms with Crippen LogP contribution in [0.25, 0.3) is 6.08 Å². The number of benzene rings is 1. The number of Topliss-reactive ketones (excluding diaryl/α,β-unsaturated/α-hetero) is 1. The van der Waals surface area contributed by atoms with Gasteiger partial charge < -0.3 is 10.0 Å². The quantitative estimate of drug-likeness (QED) is 0.458. The molecule has 1 aromatic carbocycles. The highest BCUT2D eigenvalue weighted by Gasteiger charge is 2.34. The second-order valence-electron chi connectivity index (χ2n) is 11.9. The zero-order valence-electron chi connectivity index (χ0n) is 22.6. The summed E-state index contributed by atoms with van der Waals surface area (Å²) < 4.78 is 0. The van der Waals surface area contributed by atoms with Crippen LogP contribution in [0.1, 0.15) is 94.2 Å².